The van der Waals surface area contributed by atoms with Gasteiger partial charge in [0.15, 0.2) is 5.78 Å². The van der Waals surface area contributed by atoms with Crippen molar-refractivity contribution in [2.45, 2.75) is 33.6 Å². The van der Waals surface area contributed by atoms with Crippen LogP contribution in [0.25, 0.3) is 12.2 Å². The quantitative estimate of drug-likeness (QED) is 0.440. The Hall–Kier alpha value is -3.33. The second-order valence-electron chi connectivity index (χ2n) is 9.39. The Morgan fingerprint density at radius 3 is 1.58 bits per heavy atom. The van der Waals surface area contributed by atoms with E-state index in [0.717, 1.165) is 46.6 Å². The molecule has 3 nitrogen and oxygen atoms in total. The molecule has 3 heteroatoms. The van der Waals surface area contributed by atoms with E-state index >= 15 is 0 Å². The number of rotatable bonds is 6. The van der Waals surface area contributed by atoms with Gasteiger partial charge in [-0.3, -0.25) is 4.79 Å². The van der Waals surface area contributed by atoms with E-state index in [2.05, 4.69) is 20.8 Å². The molecular formula is C30H34O3. The number of benzene rings is 2. The van der Waals surface area contributed by atoms with Crippen molar-refractivity contribution in [3.05, 3.63) is 95.1 Å². The van der Waals surface area contributed by atoms with Crippen molar-refractivity contribution in [1.29, 1.82) is 0 Å². The Bertz CT molecular complexity index is 1010. The Balaban J connectivity index is 1.87. The van der Waals surface area contributed by atoms with Crippen LogP contribution in [0.4, 0.5) is 0 Å². The first-order chi connectivity index (χ1) is 15.8. The van der Waals surface area contributed by atoms with E-state index in [4.69, 9.17) is 9.47 Å². The number of ketones is 1. The molecule has 0 atom stereocenters. The van der Waals surface area contributed by atoms with Crippen molar-refractivity contribution in [3.8, 4) is 11.5 Å². The van der Waals surface area contributed by atoms with Gasteiger partial charge in [-0.05, 0) is 36.3 Å². The standard InChI is InChI=1S/C30H34O3/c1-30(2,3)26-20-24(16-10-14-22-12-6-8-18-27(22)32-4)29(31)25(21-26)17-11-15-23-13-7-9-19-28(23)33-5/h6-19,26H,20-21H2,1-5H3. The Labute approximate surface area is 198 Å². The second-order valence-corrected chi connectivity index (χ2v) is 9.39. The molecule has 0 aromatic heterocycles. The minimum Gasteiger partial charge on any atom is -0.496 e. The van der Waals surface area contributed by atoms with Crippen molar-refractivity contribution in [2.75, 3.05) is 14.2 Å². The summed E-state index contributed by atoms with van der Waals surface area (Å²) in [7, 11) is 3.33. The molecule has 0 bridgehead atoms. The van der Waals surface area contributed by atoms with Crippen LogP contribution in [0.15, 0.2) is 84.0 Å². The average molecular weight is 443 g/mol. The van der Waals surface area contributed by atoms with Gasteiger partial charge in [-0.25, -0.2) is 0 Å². The number of ether oxygens (including phenoxy) is 2. The van der Waals surface area contributed by atoms with Crippen LogP contribution >= 0.6 is 0 Å². The van der Waals surface area contributed by atoms with Crippen molar-refractivity contribution in [2.24, 2.45) is 11.3 Å². The van der Waals surface area contributed by atoms with E-state index in [-0.39, 0.29) is 11.2 Å². The molecule has 0 amide bonds. The van der Waals surface area contributed by atoms with E-state index in [0.29, 0.717) is 5.92 Å². The molecule has 2 aromatic carbocycles. The predicted molar refractivity (Wildman–Crippen MR) is 137 cm³/mol. The van der Waals surface area contributed by atoms with Crippen LogP contribution in [0.5, 0.6) is 11.5 Å². The lowest BCUT2D eigenvalue weighted by atomic mass is 9.69. The molecule has 0 heterocycles. The van der Waals surface area contributed by atoms with E-state index in [1.54, 1.807) is 14.2 Å². The number of hydrogen-bond acceptors (Lipinski definition) is 3. The zero-order chi connectivity index (χ0) is 23.8. The lowest BCUT2D eigenvalue weighted by Crippen LogP contribution is -2.29. The third-order valence-corrected chi connectivity index (χ3v) is 6.16. The summed E-state index contributed by atoms with van der Waals surface area (Å²) in [5, 5.41) is 0. The maximum Gasteiger partial charge on any atom is 0.185 e. The molecule has 33 heavy (non-hydrogen) atoms. The van der Waals surface area contributed by atoms with Gasteiger partial charge >= 0.3 is 0 Å². The summed E-state index contributed by atoms with van der Waals surface area (Å²) in [4.78, 5) is 13.3. The largest absolute Gasteiger partial charge is 0.496 e. The van der Waals surface area contributed by atoms with Crippen LogP contribution in [0.2, 0.25) is 0 Å². The van der Waals surface area contributed by atoms with Gasteiger partial charge in [-0.15, -0.1) is 0 Å². The normalized spacial score (nSPS) is 19.7. The highest BCUT2D eigenvalue weighted by Gasteiger charge is 2.34. The molecular weight excluding hydrogens is 408 g/mol. The van der Waals surface area contributed by atoms with Crippen LogP contribution in [-0.2, 0) is 4.79 Å². The highest BCUT2D eigenvalue weighted by molar-refractivity contribution is 6.09. The summed E-state index contributed by atoms with van der Waals surface area (Å²) >= 11 is 0. The number of hydrogen-bond donors (Lipinski definition) is 0. The Morgan fingerprint density at radius 2 is 1.18 bits per heavy atom. The predicted octanol–water partition coefficient (Wildman–Crippen LogP) is 7.31. The minimum atomic E-state index is 0.109. The molecule has 172 valence electrons. The molecule has 1 saturated carbocycles. The Kier molecular flexibility index (Phi) is 8.11. The molecule has 0 N–H and O–H groups in total. The second kappa shape index (κ2) is 11.0. The minimum absolute atomic E-state index is 0.109. The smallest absolute Gasteiger partial charge is 0.185 e. The number of Topliss-reactive ketones (excluding diaryl/α,β-unsaturated/α-hetero) is 1. The first kappa shape index (κ1) is 24.3. The molecule has 0 spiro atoms. The summed E-state index contributed by atoms with van der Waals surface area (Å²) in [6.45, 7) is 6.74. The number of carbonyl (C=O) groups excluding carboxylic acids is 1. The van der Waals surface area contributed by atoms with Crippen LogP contribution in [0, 0.1) is 11.3 Å². The topological polar surface area (TPSA) is 35.5 Å². The summed E-state index contributed by atoms with van der Waals surface area (Å²) in [6, 6.07) is 15.7. The van der Waals surface area contributed by atoms with Gasteiger partial charge in [0.1, 0.15) is 11.5 Å². The monoisotopic (exact) mass is 442 g/mol. The fourth-order valence-corrected chi connectivity index (χ4v) is 4.04. The van der Waals surface area contributed by atoms with Crippen LogP contribution < -0.4 is 9.47 Å². The van der Waals surface area contributed by atoms with Gasteiger partial charge < -0.3 is 9.47 Å². The van der Waals surface area contributed by atoms with Crippen LogP contribution in [0.1, 0.15) is 44.7 Å². The van der Waals surface area contributed by atoms with Gasteiger partial charge in [0.2, 0.25) is 0 Å². The fraction of sp³-hybridized carbons (Fsp3) is 0.300. The molecule has 0 saturated heterocycles. The van der Waals surface area contributed by atoms with Gasteiger partial charge in [0, 0.05) is 22.3 Å². The van der Waals surface area contributed by atoms with E-state index in [1.807, 2.05) is 85.0 Å². The molecule has 0 aliphatic heterocycles. The first-order valence-electron chi connectivity index (χ1n) is 11.4. The highest BCUT2D eigenvalue weighted by atomic mass is 16.5. The maximum absolute atomic E-state index is 13.3. The van der Waals surface area contributed by atoms with Crippen molar-refractivity contribution >= 4 is 17.9 Å². The van der Waals surface area contributed by atoms with E-state index in [1.165, 1.54) is 0 Å². The van der Waals surface area contributed by atoms with Gasteiger partial charge in [0.05, 0.1) is 14.2 Å². The van der Waals surface area contributed by atoms with E-state index in [9.17, 15) is 4.79 Å². The van der Waals surface area contributed by atoms with Gasteiger partial charge in [0.25, 0.3) is 0 Å². The number of methoxy groups -OCH3 is 2. The number of allylic oxidation sites excluding steroid dienone is 6. The first-order valence-corrected chi connectivity index (χ1v) is 11.4. The summed E-state index contributed by atoms with van der Waals surface area (Å²) < 4.78 is 10.8. The van der Waals surface area contributed by atoms with Gasteiger partial charge in [-0.2, -0.15) is 0 Å². The highest BCUT2D eigenvalue weighted by Crippen LogP contribution is 2.41. The zero-order valence-electron chi connectivity index (χ0n) is 20.3. The lowest BCUT2D eigenvalue weighted by molar-refractivity contribution is -0.113. The SMILES string of the molecule is COc1ccccc1C=CC=C1CC(C(C)(C)C)CC(=CC=Cc2ccccc2OC)C1=O. The third kappa shape index (κ3) is 6.35. The molecule has 2 aromatic rings. The third-order valence-electron chi connectivity index (χ3n) is 6.16. The lowest BCUT2D eigenvalue weighted by Gasteiger charge is -2.35. The molecule has 3 rings (SSSR count). The summed E-state index contributed by atoms with van der Waals surface area (Å²) in [6.07, 6.45) is 13.4. The van der Waals surface area contributed by atoms with Gasteiger partial charge in [-0.1, -0.05) is 93.6 Å². The molecule has 0 unspecified atom stereocenters. The average Bonchev–Trinajstić information content (AvgIpc) is 2.81. The fourth-order valence-electron chi connectivity index (χ4n) is 4.04. The number of carbonyl (C=O) groups is 1. The molecule has 1 aliphatic rings. The maximum atomic E-state index is 13.3. The molecule has 1 aliphatic carbocycles. The van der Waals surface area contributed by atoms with Crippen molar-refractivity contribution < 1.29 is 14.3 Å². The van der Waals surface area contributed by atoms with Crippen LogP contribution in [0.3, 0.4) is 0 Å². The zero-order valence-corrected chi connectivity index (χ0v) is 20.3. The summed E-state index contributed by atoms with van der Waals surface area (Å²) in [5.74, 6) is 2.16. The van der Waals surface area contributed by atoms with E-state index < -0.39 is 0 Å². The Morgan fingerprint density at radius 1 is 0.758 bits per heavy atom. The number of para-hydroxylation sites is 2. The molecule has 0 radical (unpaired) electrons. The van der Waals surface area contributed by atoms with Crippen molar-refractivity contribution in [3.63, 3.8) is 0 Å². The van der Waals surface area contributed by atoms with Crippen molar-refractivity contribution in [1.82, 2.24) is 0 Å². The molecule has 1 fully saturated rings. The summed E-state index contributed by atoms with van der Waals surface area (Å²) in [5.41, 5.74) is 3.79. The van der Waals surface area contributed by atoms with Crippen LogP contribution in [-0.4, -0.2) is 20.0 Å².